The highest BCUT2D eigenvalue weighted by molar-refractivity contribution is 5.91. The summed E-state index contributed by atoms with van der Waals surface area (Å²) in [5.74, 6) is 1.29. The van der Waals surface area contributed by atoms with Crippen molar-refractivity contribution in [3.05, 3.63) is 54.4 Å². The van der Waals surface area contributed by atoms with Crippen molar-refractivity contribution < 1.29 is 19.1 Å². The van der Waals surface area contributed by atoms with E-state index in [1.165, 1.54) is 7.11 Å². The monoisotopic (exact) mass is 424 g/mol. The van der Waals surface area contributed by atoms with Crippen molar-refractivity contribution in [1.82, 2.24) is 14.9 Å². The maximum absolute atomic E-state index is 12.7. The lowest BCUT2D eigenvalue weighted by molar-refractivity contribution is -0.124. The van der Waals surface area contributed by atoms with E-state index >= 15 is 0 Å². The molecule has 2 N–H and O–H groups in total. The first-order chi connectivity index (χ1) is 15.1. The molecule has 164 valence electrons. The van der Waals surface area contributed by atoms with E-state index in [9.17, 15) is 9.59 Å². The molecule has 0 unspecified atom stereocenters. The smallest absolute Gasteiger partial charge is 0.245 e. The van der Waals surface area contributed by atoms with Gasteiger partial charge in [0.25, 0.3) is 0 Å². The van der Waals surface area contributed by atoms with Gasteiger partial charge in [-0.1, -0.05) is 12.1 Å². The number of para-hydroxylation sites is 2. The number of imidazole rings is 1. The van der Waals surface area contributed by atoms with Crippen LogP contribution in [0.2, 0.25) is 0 Å². The van der Waals surface area contributed by atoms with Crippen molar-refractivity contribution >= 4 is 28.5 Å². The summed E-state index contributed by atoms with van der Waals surface area (Å²) < 4.78 is 12.2. The van der Waals surface area contributed by atoms with Crippen LogP contribution in [0, 0.1) is 0 Å². The number of fused-ring (bicyclic) bond motifs is 1. The predicted molar refractivity (Wildman–Crippen MR) is 119 cm³/mol. The van der Waals surface area contributed by atoms with Gasteiger partial charge in [-0.2, -0.15) is 0 Å². The zero-order chi connectivity index (χ0) is 22.1. The topological polar surface area (TPSA) is 94.5 Å². The molecule has 0 aliphatic rings. The number of carbonyl (C=O) groups is 2. The van der Waals surface area contributed by atoms with E-state index in [1.54, 1.807) is 0 Å². The molecule has 1 heterocycles. The quantitative estimate of drug-likeness (QED) is 0.462. The van der Waals surface area contributed by atoms with Crippen molar-refractivity contribution in [2.45, 2.75) is 26.3 Å². The van der Waals surface area contributed by atoms with Crippen LogP contribution in [-0.2, 0) is 27.3 Å². The second kappa shape index (κ2) is 11.1. The third-order valence-electron chi connectivity index (χ3n) is 4.66. The normalized spacial score (nSPS) is 10.8. The molecular weight excluding hydrogens is 396 g/mol. The molecule has 0 aliphatic carbocycles. The first-order valence-corrected chi connectivity index (χ1v) is 10.3. The van der Waals surface area contributed by atoms with Gasteiger partial charge in [-0.25, -0.2) is 4.98 Å². The van der Waals surface area contributed by atoms with E-state index in [4.69, 9.17) is 9.47 Å². The number of amides is 2. The van der Waals surface area contributed by atoms with Gasteiger partial charge in [-0.15, -0.1) is 0 Å². The molecule has 1 aromatic heterocycles. The Balaban J connectivity index is 1.66. The van der Waals surface area contributed by atoms with Crippen molar-refractivity contribution in [1.29, 1.82) is 0 Å². The van der Waals surface area contributed by atoms with E-state index in [0.717, 1.165) is 22.6 Å². The molecule has 0 spiro atoms. The molecule has 8 heteroatoms. The van der Waals surface area contributed by atoms with E-state index in [2.05, 4.69) is 15.6 Å². The van der Waals surface area contributed by atoms with Crippen LogP contribution in [0.1, 0.15) is 19.2 Å². The Morgan fingerprint density at radius 1 is 1.06 bits per heavy atom. The minimum atomic E-state index is -0.147. The number of ether oxygens (including phenoxy) is 2. The highest BCUT2D eigenvalue weighted by Gasteiger charge is 2.14. The van der Waals surface area contributed by atoms with Crippen LogP contribution in [0.25, 0.3) is 11.0 Å². The van der Waals surface area contributed by atoms with Gasteiger partial charge in [0.15, 0.2) is 0 Å². The van der Waals surface area contributed by atoms with Gasteiger partial charge < -0.3 is 24.7 Å². The number of nitrogens with zero attached hydrogens (tertiary/aromatic N) is 2. The summed E-state index contributed by atoms with van der Waals surface area (Å²) in [7, 11) is 1.49. The van der Waals surface area contributed by atoms with Gasteiger partial charge in [0.2, 0.25) is 11.8 Å². The van der Waals surface area contributed by atoms with Gasteiger partial charge >= 0.3 is 0 Å². The van der Waals surface area contributed by atoms with Crippen molar-refractivity contribution in [3.8, 4) is 5.75 Å². The molecule has 0 radical (unpaired) electrons. The summed E-state index contributed by atoms with van der Waals surface area (Å²) in [6.07, 6.45) is 1.34. The fourth-order valence-electron chi connectivity index (χ4n) is 3.29. The Morgan fingerprint density at radius 3 is 2.58 bits per heavy atom. The number of anilines is 1. The highest BCUT2D eigenvalue weighted by Crippen LogP contribution is 2.19. The summed E-state index contributed by atoms with van der Waals surface area (Å²) in [5.41, 5.74) is 2.46. The molecule has 2 aromatic carbocycles. The Labute approximate surface area is 181 Å². The lowest BCUT2D eigenvalue weighted by Crippen LogP contribution is -2.28. The summed E-state index contributed by atoms with van der Waals surface area (Å²) in [6.45, 7) is 3.24. The van der Waals surface area contributed by atoms with E-state index in [1.807, 2.05) is 60.0 Å². The van der Waals surface area contributed by atoms with Crippen LogP contribution in [0.5, 0.6) is 5.75 Å². The summed E-state index contributed by atoms with van der Waals surface area (Å²) in [6, 6.07) is 15.0. The second-order valence-corrected chi connectivity index (χ2v) is 6.99. The Morgan fingerprint density at radius 2 is 1.84 bits per heavy atom. The van der Waals surface area contributed by atoms with E-state index < -0.39 is 0 Å². The Kier molecular flexibility index (Phi) is 8.00. The average Bonchev–Trinajstić information content (AvgIpc) is 3.10. The maximum atomic E-state index is 12.7. The molecule has 8 nitrogen and oxygen atoms in total. The number of hydrogen-bond donors (Lipinski definition) is 2. The van der Waals surface area contributed by atoms with Crippen LogP contribution in [-0.4, -0.2) is 48.2 Å². The van der Waals surface area contributed by atoms with Crippen LogP contribution in [0.15, 0.2) is 48.5 Å². The first kappa shape index (κ1) is 22.3. The van der Waals surface area contributed by atoms with Crippen molar-refractivity contribution in [2.75, 3.05) is 32.2 Å². The standard InChI is InChI=1S/C23H28N4O4/c1-3-31-18-12-10-17(11-13-18)25-22(28)15-27-20-8-5-4-7-19(20)26-21(27)9-6-14-24-23(29)16-30-2/h4-5,7-8,10-13H,3,6,9,14-16H2,1-2H3,(H,24,29)(H,25,28). The third-order valence-corrected chi connectivity index (χ3v) is 4.66. The van der Waals surface area contributed by atoms with Gasteiger partial charge in [-0.3, -0.25) is 9.59 Å². The van der Waals surface area contributed by atoms with E-state index in [-0.39, 0.29) is 25.0 Å². The van der Waals surface area contributed by atoms with Crippen LogP contribution < -0.4 is 15.4 Å². The van der Waals surface area contributed by atoms with Crippen LogP contribution >= 0.6 is 0 Å². The number of carbonyl (C=O) groups excluding carboxylic acids is 2. The fraction of sp³-hybridized carbons (Fsp3) is 0.348. The molecule has 3 rings (SSSR count). The number of aromatic nitrogens is 2. The lowest BCUT2D eigenvalue weighted by Gasteiger charge is -2.11. The summed E-state index contributed by atoms with van der Waals surface area (Å²) in [5, 5.41) is 5.73. The van der Waals surface area contributed by atoms with Gasteiger partial charge in [0.1, 0.15) is 24.7 Å². The van der Waals surface area contributed by atoms with Gasteiger partial charge in [0, 0.05) is 25.8 Å². The first-order valence-electron chi connectivity index (χ1n) is 10.3. The molecule has 0 aliphatic heterocycles. The molecule has 0 saturated heterocycles. The zero-order valence-corrected chi connectivity index (χ0v) is 17.9. The highest BCUT2D eigenvalue weighted by atomic mass is 16.5. The molecule has 3 aromatic rings. The Hall–Kier alpha value is -3.39. The van der Waals surface area contributed by atoms with Crippen molar-refractivity contribution in [2.24, 2.45) is 0 Å². The number of methoxy groups -OCH3 is 1. The molecule has 0 fully saturated rings. The SMILES string of the molecule is CCOc1ccc(NC(=O)Cn2c(CCCNC(=O)COC)nc3ccccc32)cc1. The minimum Gasteiger partial charge on any atom is -0.494 e. The molecular formula is C23H28N4O4. The minimum absolute atomic E-state index is 0.0459. The van der Waals surface area contributed by atoms with Gasteiger partial charge in [0.05, 0.1) is 17.6 Å². The number of benzene rings is 2. The molecule has 0 bridgehead atoms. The molecule has 0 saturated carbocycles. The molecule has 0 atom stereocenters. The lowest BCUT2D eigenvalue weighted by atomic mass is 10.2. The zero-order valence-electron chi connectivity index (χ0n) is 17.9. The van der Waals surface area contributed by atoms with Gasteiger partial charge in [-0.05, 0) is 49.7 Å². The Bertz CT molecular complexity index is 1010. The second-order valence-electron chi connectivity index (χ2n) is 6.99. The van der Waals surface area contributed by atoms with Crippen LogP contribution in [0.4, 0.5) is 5.69 Å². The number of hydrogen-bond acceptors (Lipinski definition) is 5. The van der Waals surface area contributed by atoms with Crippen LogP contribution in [0.3, 0.4) is 0 Å². The van der Waals surface area contributed by atoms with E-state index in [0.29, 0.717) is 31.7 Å². The summed E-state index contributed by atoms with van der Waals surface area (Å²) >= 11 is 0. The van der Waals surface area contributed by atoms with Crippen molar-refractivity contribution in [3.63, 3.8) is 0 Å². The fourth-order valence-corrected chi connectivity index (χ4v) is 3.29. The third kappa shape index (κ3) is 6.29. The number of nitrogens with one attached hydrogen (secondary N) is 2. The maximum Gasteiger partial charge on any atom is 0.245 e. The largest absolute Gasteiger partial charge is 0.494 e. The summed E-state index contributed by atoms with van der Waals surface area (Å²) in [4.78, 5) is 28.9. The number of rotatable bonds is 11. The average molecular weight is 425 g/mol. The molecule has 2 amide bonds. The number of aryl methyl sites for hydroxylation is 1. The predicted octanol–water partition coefficient (Wildman–Crippen LogP) is 2.77. The molecule has 31 heavy (non-hydrogen) atoms.